The zero-order valence-electron chi connectivity index (χ0n) is 10.5. The summed E-state index contributed by atoms with van der Waals surface area (Å²) in [5.74, 6) is 1.29. The van der Waals surface area contributed by atoms with Crippen LogP contribution in [0.2, 0.25) is 0 Å². The maximum atomic E-state index is 11.1. The number of aromatic nitrogens is 3. The Balaban J connectivity index is 2.79. The van der Waals surface area contributed by atoms with Crippen molar-refractivity contribution < 1.29 is 0 Å². The highest BCUT2D eigenvalue weighted by Crippen LogP contribution is 2.15. The molecule has 7 heteroatoms. The number of nitrogens with zero attached hydrogens (tertiary/aromatic N) is 2. The molecule has 0 aliphatic rings. The molecule has 0 aromatic carbocycles. The fourth-order valence-corrected chi connectivity index (χ4v) is 2.63. The molecule has 2 N–H and O–H groups in total. The van der Waals surface area contributed by atoms with Gasteiger partial charge in [-0.15, -0.1) is 0 Å². The number of aryl methyl sites for hydroxylation is 1. The van der Waals surface area contributed by atoms with Gasteiger partial charge in [0.15, 0.2) is 5.16 Å². The van der Waals surface area contributed by atoms with Crippen molar-refractivity contribution in [2.24, 2.45) is 13.0 Å². The average Bonchev–Trinajstić information content (AvgIpc) is 2.25. The summed E-state index contributed by atoms with van der Waals surface area (Å²) < 4.78 is 1.47. The van der Waals surface area contributed by atoms with E-state index in [0.717, 1.165) is 5.75 Å². The molecule has 1 unspecified atom stereocenters. The van der Waals surface area contributed by atoms with Gasteiger partial charge in [-0.05, 0) is 13.0 Å². The molecule has 0 fully saturated rings. The highest BCUT2D eigenvalue weighted by atomic mass is 32.2. The van der Waals surface area contributed by atoms with Gasteiger partial charge in [-0.25, -0.2) is 0 Å². The summed E-state index contributed by atoms with van der Waals surface area (Å²) in [4.78, 5) is 25.9. The van der Waals surface area contributed by atoms with Crippen LogP contribution in [0.1, 0.15) is 13.8 Å². The van der Waals surface area contributed by atoms with Crippen molar-refractivity contribution in [3.63, 3.8) is 0 Å². The van der Waals surface area contributed by atoms with Gasteiger partial charge >= 0.3 is 11.1 Å². The lowest BCUT2D eigenvalue weighted by molar-refractivity contribution is 0.464. The number of aromatic amines is 1. The van der Waals surface area contributed by atoms with E-state index in [1.807, 2.05) is 7.05 Å². The largest absolute Gasteiger partial charge is 0.339 e. The predicted molar refractivity (Wildman–Crippen MR) is 68.5 cm³/mol. The standard InChI is InChI=1S/C10H18N4O2S/c1-6(2)7(11-3)5-17-10-12-8(15)9(16)13-14(10)4/h6-7,11H,5H2,1-4H3,(H,13,16). The van der Waals surface area contributed by atoms with Crippen LogP contribution in [0.3, 0.4) is 0 Å². The second-order valence-electron chi connectivity index (χ2n) is 4.15. The zero-order valence-corrected chi connectivity index (χ0v) is 11.3. The molecule has 0 saturated heterocycles. The maximum Gasteiger partial charge on any atom is 0.339 e. The number of hydrogen-bond donors (Lipinski definition) is 2. The first kappa shape index (κ1) is 14.0. The molecular weight excluding hydrogens is 240 g/mol. The number of H-pyrrole nitrogens is 1. The molecule has 0 aliphatic carbocycles. The molecule has 1 aromatic heterocycles. The molecular formula is C10H18N4O2S. The van der Waals surface area contributed by atoms with Gasteiger partial charge in [0.1, 0.15) is 0 Å². The Hall–Kier alpha value is -1.08. The van der Waals surface area contributed by atoms with Gasteiger partial charge in [-0.2, -0.15) is 4.98 Å². The van der Waals surface area contributed by atoms with Gasteiger partial charge in [0.25, 0.3) is 0 Å². The van der Waals surface area contributed by atoms with E-state index in [1.165, 1.54) is 16.4 Å². The molecule has 0 spiro atoms. The molecule has 96 valence electrons. The first-order chi connectivity index (χ1) is 7.95. The third-order valence-electron chi connectivity index (χ3n) is 2.52. The Bertz CT molecular complexity index is 480. The monoisotopic (exact) mass is 258 g/mol. The Morgan fingerprint density at radius 3 is 2.65 bits per heavy atom. The Morgan fingerprint density at radius 1 is 1.47 bits per heavy atom. The van der Waals surface area contributed by atoms with Gasteiger partial charge in [0, 0.05) is 18.8 Å². The molecule has 1 aromatic rings. The summed E-state index contributed by atoms with van der Waals surface area (Å²) in [6, 6.07) is 0.337. The van der Waals surface area contributed by atoms with Crippen LogP contribution in [0.4, 0.5) is 0 Å². The van der Waals surface area contributed by atoms with E-state index >= 15 is 0 Å². The van der Waals surface area contributed by atoms with Crippen LogP contribution >= 0.6 is 11.8 Å². The Morgan fingerprint density at radius 2 is 2.12 bits per heavy atom. The number of hydrogen-bond acceptors (Lipinski definition) is 5. The van der Waals surface area contributed by atoms with Gasteiger partial charge in [-0.3, -0.25) is 19.4 Å². The van der Waals surface area contributed by atoms with E-state index in [4.69, 9.17) is 0 Å². The van der Waals surface area contributed by atoms with Crippen molar-refractivity contribution in [2.45, 2.75) is 25.0 Å². The smallest absolute Gasteiger partial charge is 0.316 e. The van der Waals surface area contributed by atoms with E-state index in [9.17, 15) is 9.59 Å². The fourth-order valence-electron chi connectivity index (χ4n) is 1.36. The normalized spacial score (nSPS) is 13.0. The van der Waals surface area contributed by atoms with Gasteiger partial charge in [-0.1, -0.05) is 25.6 Å². The molecule has 1 atom stereocenters. The van der Waals surface area contributed by atoms with Crippen molar-refractivity contribution in [1.82, 2.24) is 20.1 Å². The third kappa shape index (κ3) is 3.71. The summed E-state index contributed by atoms with van der Waals surface area (Å²) in [6.45, 7) is 4.25. The van der Waals surface area contributed by atoms with Gasteiger partial charge in [0.05, 0.1) is 0 Å². The molecule has 0 bridgehead atoms. The molecule has 0 radical (unpaired) electrons. The lowest BCUT2D eigenvalue weighted by atomic mass is 10.1. The van der Waals surface area contributed by atoms with Crippen LogP contribution in [-0.4, -0.2) is 33.6 Å². The highest BCUT2D eigenvalue weighted by molar-refractivity contribution is 7.99. The van der Waals surface area contributed by atoms with Crippen LogP contribution in [0.5, 0.6) is 0 Å². The summed E-state index contributed by atoms with van der Waals surface area (Å²) in [5, 5.41) is 6.16. The van der Waals surface area contributed by atoms with Crippen molar-refractivity contribution in [3.05, 3.63) is 20.7 Å². The van der Waals surface area contributed by atoms with E-state index in [2.05, 4.69) is 29.2 Å². The highest BCUT2D eigenvalue weighted by Gasteiger charge is 2.13. The predicted octanol–water partition coefficient (Wildman–Crippen LogP) is -0.195. The number of rotatable bonds is 5. The van der Waals surface area contributed by atoms with Crippen LogP contribution in [0, 0.1) is 5.92 Å². The van der Waals surface area contributed by atoms with Crippen LogP contribution in [-0.2, 0) is 7.05 Å². The fraction of sp³-hybridized carbons (Fsp3) is 0.700. The quantitative estimate of drug-likeness (QED) is 0.565. The second-order valence-corrected chi connectivity index (χ2v) is 5.14. The second kappa shape index (κ2) is 6.02. The Kier molecular flexibility index (Phi) is 4.95. The lowest BCUT2D eigenvalue weighted by Gasteiger charge is -2.19. The summed E-state index contributed by atoms with van der Waals surface area (Å²) in [5.41, 5.74) is -1.43. The maximum absolute atomic E-state index is 11.1. The van der Waals surface area contributed by atoms with E-state index in [0.29, 0.717) is 17.1 Å². The van der Waals surface area contributed by atoms with E-state index < -0.39 is 11.1 Å². The van der Waals surface area contributed by atoms with Crippen LogP contribution in [0.15, 0.2) is 14.7 Å². The topological polar surface area (TPSA) is 79.8 Å². The van der Waals surface area contributed by atoms with Gasteiger partial charge in [0.2, 0.25) is 0 Å². The average molecular weight is 258 g/mol. The number of nitrogens with one attached hydrogen (secondary N) is 2. The lowest BCUT2D eigenvalue weighted by Crippen LogP contribution is -2.35. The minimum atomic E-state index is -0.740. The molecule has 0 aliphatic heterocycles. The summed E-state index contributed by atoms with van der Waals surface area (Å²) >= 11 is 1.45. The van der Waals surface area contributed by atoms with E-state index in [1.54, 1.807) is 7.05 Å². The molecule has 1 rings (SSSR count). The molecule has 1 heterocycles. The van der Waals surface area contributed by atoms with Crippen LogP contribution in [0.25, 0.3) is 0 Å². The summed E-state index contributed by atoms with van der Waals surface area (Å²) in [7, 11) is 3.57. The molecule has 0 amide bonds. The SMILES string of the molecule is CNC(CSc1nc(=O)c(=O)[nH]n1C)C(C)C. The van der Waals surface area contributed by atoms with Crippen molar-refractivity contribution in [3.8, 4) is 0 Å². The van der Waals surface area contributed by atoms with E-state index in [-0.39, 0.29) is 0 Å². The third-order valence-corrected chi connectivity index (χ3v) is 3.66. The summed E-state index contributed by atoms with van der Waals surface area (Å²) in [6.07, 6.45) is 0. The van der Waals surface area contributed by atoms with Crippen LogP contribution < -0.4 is 16.4 Å². The zero-order chi connectivity index (χ0) is 13.0. The Labute approximate surface area is 104 Å². The molecule has 0 saturated carbocycles. The minimum Gasteiger partial charge on any atom is -0.316 e. The molecule has 17 heavy (non-hydrogen) atoms. The van der Waals surface area contributed by atoms with Crippen molar-refractivity contribution in [1.29, 1.82) is 0 Å². The first-order valence-electron chi connectivity index (χ1n) is 5.43. The number of thioether (sulfide) groups is 1. The van der Waals surface area contributed by atoms with Crippen molar-refractivity contribution >= 4 is 11.8 Å². The molecule has 6 nitrogen and oxygen atoms in total. The minimum absolute atomic E-state index is 0.337. The van der Waals surface area contributed by atoms with Gasteiger partial charge < -0.3 is 5.32 Å². The van der Waals surface area contributed by atoms with Crippen molar-refractivity contribution in [2.75, 3.05) is 12.8 Å². The first-order valence-corrected chi connectivity index (χ1v) is 6.41.